The molecular weight excluding hydrogens is 559 g/mol. The van der Waals surface area contributed by atoms with Gasteiger partial charge in [-0.2, -0.15) is 15.0 Å². The average Bonchev–Trinajstić information content (AvgIpc) is 3.40. The maximum absolute atomic E-state index is 12.9. The second-order valence-electron chi connectivity index (χ2n) is 8.89. The highest BCUT2D eigenvalue weighted by atomic mass is 35.5. The monoisotopic (exact) mass is 584 g/mol. The van der Waals surface area contributed by atoms with Gasteiger partial charge in [-0.15, -0.1) is 0 Å². The number of piperazine rings is 1. The number of β-amino-alcohol motifs (C(OH)–C–C–N with tert-alkyl or cyclic N) is 1. The zero-order chi connectivity index (χ0) is 27.4. The predicted molar refractivity (Wildman–Crippen MR) is 156 cm³/mol. The minimum absolute atomic E-state index is 0.130. The van der Waals surface area contributed by atoms with E-state index in [0.717, 1.165) is 24.2 Å². The number of amides is 1. The van der Waals surface area contributed by atoms with Gasteiger partial charge in [0.1, 0.15) is 4.88 Å². The number of rotatable bonds is 8. The number of carbonyl (C=O) groups is 1. The number of para-hydroxylation sites is 1. The Hall–Kier alpha value is -3.35. The van der Waals surface area contributed by atoms with E-state index in [-0.39, 0.29) is 12.5 Å². The first-order chi connectivity index (χ1) is 18.9. The molecule has 1 saturated heterocycles. The fraction of sp³-hybridized carbons (Fsp3) is 0.269. The first-order valence-electron chi connectivity index (χ1n) is 12.3. The van der Waals surface area contributed by atoms with Crippen molar-refractivity contribution in [2.24, 2.45) is 0 Å². The number of aryl methyl sites for hydroxylation is 1. The maximum Gasteiger partial charge on any atom is 0.267 e. The highest BCUT2D eigenvalue weighted by Gasteiger charge is 2.21. The number of halogens is 2. The molecule has 0 saturated carbocycles. The van der Waals surface area contributed by atoms with Gasteiger partial charge in [0.25, 0.3) is 5.91 Å². The zero-order valence-electron chi connectivity index (χ0n) is 21.1. The van der Waals surface area contributed by atoms with Gasteiger partial charge in [-0.1, -0.05) is 58.8 Å². The predicted octanol–water partition coefficient (Wildman–Crippen LogP) is 4.72. The molecule has 1 aliphatic heterocycles. The molecule has 2 aromatic heterocycles. The quantitative estimate of drug-likeness (QED) is 0.270. The molecule has 2 aromatic carbocycles. The molecule has 0 unspecified atom stereocenters. The van der Waals surface area contributed by atoms with Gasteiger partial charge in [-0.25, -0.2) is 4.98 Å². The largest absolute Gasteiger partial charge is 0.395 e. The van der Waals surface area contributed by atoms with Crippen LogP contribution in [0.3, 0.4) is 0 Å². The smallest absolute Gasteiger partial charge is 0.267 e. The molecular formula is C26H26Cl2N8O2S. The molecule has 0 radical (unpaired) electrons. The number of hydrogen-bond donors (Lipinski definition) is 3. The lowest BCUT2D eigenvalue weighted by molar-refractivity contribution is 0.103. The average molecular weight is 586 g/mol. The van der Waals surface area contributed by atoms with Crippen LogP contribution >= 0.6 is 34.5 Å². The van der Waals surface area contributed by atoms with Crippen LogP contribution in [-0.2, 0) is 0 Å². The molecule has 3 N–H and O–H groups in total. The van der Waals surface area contributed by atoms with Gasteiger partial charge in [0.2, 0.25) is 11.9 Å². The Balaban J connectivity index is 1.38. The third-order valence-corrected chi connectivity index (χ3v) is 7.65. The Morgan fingerprint density at radius 3 is 2.62 bits per heavy atom. The third-order valence-electron chi connectivity index (χ3n) is 6.19. The number of aromatic nitrogens is 4. The van der Waals surface area contributed by atoms with E-state index in [4.69, 9.17) is 28.2 Å². The van der Waals surface area contributed by atoms with E-state index < -0.39 is 0 Å². The summed E-state index contributed by atoms with van der Waals surface area (Å²) in [4.78, 5) is 35.9. The van der Waals surface area contributed by atoms with Gasteiger partial charge in [-0.3, -0.25) is 15.0 Å². The summed E-state index contributed by atoms with van der Waals surface area (Å²) in [5.74, 6) is 0.978. The molecule has 13 heteroatoms. The Bertz CT molecular complexity index is 1460. The van der Waals surface area contributed by atoms with E-state index in [1.54, 1.807) is 18.2 Å². The zero-order valence-corrected chi connectivity index (χ0v) is 23.4. The molecule has 0 bridgehead atoms. The molecule has 4 aromatic rings. The van der Waals surface area contributed by atoms with E-state index >= 15 is 0 Å². The van der Waals surface area contributed by atoms with Crippen molar-refractivity contribution in [3.63, 3.8) is 0 Å². The van der Waals surface area contributed by atoms with E-state index in [1.165, 1.54) is 17.5 Å². The van der Waals surface area contributed by atoms with Crippen molar-refractivity contribution in [3.8, 4) is 11.4 Å². The lowest BCUT2D eigenvalue weighted by Gasteiger charge is -2.34. The number of benzene rings is 2. The van der Waals surface area contributed by atoms with Crippen molar-refractivity contribution in [2.45, 2.75) is 6.92 Å². The summed E-state index contributed by atoms with van der Waals surface area (Å²) in [5.41, 5.74) is 2.18. The fourth-order valence-electron chi connectivity index (χ4n) is 4.13. The van der Waals surface area contributed by atoms with Gasteiger partial charge in [0, 0.05) is 43.3 Å². The summed E-state index contributed by atoms with van der Waals surface area (Å²) < 4.78 is 0. The van der Waals surface area contributed by atoms with E-state index in [9.17, 15) is 9.90 Å². The van der Waals surface area contributed by atoms with Gasteiger partial charge in [-0.05, 0) is 30.7 Å². The molecule has 3 heterocycles. The molecule has 10 nitrogen and oxygen atoms in total. The summed E-state index contributed by atoms with van der Waals surface area (Å²) in [6, 6.07) is 12.8. The lowest BCUT2D eigenvalue weighted by atomic mass is 10.2. The second kappa shape index (κ2) is 12.2. The number of hydrogen-bond acceptors (Lipinski definition) is 10. The minimum Gasteiger partial charge on any atom is -0.395 e. The van der Waals surface area contributed by atoms with Crippen LogP contribution < -0.4 is 15.5 Å². The Morgan fingerprint density at radius 2 is 1.87 bits per heavy atom. The van der Waals surface area contributed by atoms with Crippen molar-refractivity contribution in [3.05, 3.63) is 69.1 Å². The summed E-state index contributed by atoms with van der Waals surface area (Å²) in [6.45, 7) is 5.65. The Labute approximate surface area is 239 Å². The van der Waals surface area contributed by atoms with Crippen LogP contribution in [0.15, 0.2) is 48.7 Å². The Morgan fingerprint density at radius 1 is 1.08 bits per heavy atom. The van der Waals surface area contributed by atoms with E-state index in [2.05, 4.69) is 35.4 Å². The van der Waals surface area contributed by atoms with Crippen molar-refractivity contribution in [2.75, 3.05) is 54.9 Å². The summed E-state index contributed by atoms with van der Waals surface area (Å²) >= 11 is 13.7. The maximum atomic E-state index is 12.9. The van der Waals surface area contributed by atoms with Crippen LogP contribution in [0.4, 0.5) is 22.7 Å². The van der Waals surface area contributed by atoms with Gasteiger partial charge in [0.05, 0.1) is 23.5 Å². The fourth-order valence-corrected chi connectivity index (χ4v) is 5.29. The molecule has 39 heavy (non-hydrogen) atoms. The standard InChI is InChI=1S/C26H26Cl2N8O2S/c1-16-4-2-7-19(28)21(16)30-23(38)20-15-29-26(39-20)34-24-31-22(17-5-3-6-18(27)14-17)32-25(33-24)36-10-8-35(9-11-36)12-13-37/h2-7,14-15,37H,8-13H2,1H3,(H,30,38)(H,29,31,32,33,34). The molecule has 1 amide bonds. The van der Waals surface area contributed by atoms with E-state index in [0.29, 0.717) is 63.1 Å². The number of nitrogens with one attached hydrogen (secondary N) is 2. The molecule has 0 spiro atoms. The normalized spacial score (nSPS) is 13.9. The second-order valence-corrected chi connectivity index (χ2v) is 10.8. The highest BCUT2D eigenvalue weighted by molar-refractivity contribution is 7.17. The first kappa shape index (κ1) is 27.2. The topological polar surface area (TPSA) is 119 Å². The number of carbonyl (C=O) groups excluding carboxylic acids is 1. The SMILES string of the molecule is Cc1cccc(Cl)c1NC(=O)c1cnc(Nc2nc(-c3cccc(Cl)c3)nc(N3CCN(CCO)CC3)n2)s1. The Kier molecular flexibility index (Phi) is 8.53. The van der Waals surface area contributed by atoms with Crippen LogP contribution in [-0.4, -0.2) is 75.2 Å². The number of thiazole rings is 1. The van der Waals surface area contributed by atoms with Crippen LogP contribution in [0, 0.1) is 6.92 Å². The van der Waals surface area contributed by atoms with Crippen LogP contribution in [0.25, 0.3) is 11.4 Å². The number of anilines is 4. The first-order valence-corrected chi connectivity index (χ1v) is 13.9. The molecule has 0 aliphatic carbocycles. The van der Waals surface area contributed by atoms with E-state index in [1.807, 2.05) is 31.2 Å². The van der Waals surface area contributed by atoms with Crippen molar-refractivity contribution < 1.29 is 9.90 Å². The van der Waals surface area contributed by atoms with Crippen molar-refractivity contribution in [1.82, 2.24) is 24.8 Å². The van der Waals surface area contributed by atoms with Crippen LogP contribution in [0.5, 0.6) is 0 Å². The molecule has 0 atom stereocenters. The molecule has 5 rings (SSSR count). The number of aliphatic hydroxyl groups excluding tert-OH is 1. The summed E-state index contributed by atoms with van der Waals surface area (Å²) in [7, 11) is 0. The van der Waals surface area contributed by atoms with Crippen molar-refractivity contribution >= 4 is 63.2 Å². The van der Waals surface area contributed by atoms with Crippen molar-refractivity contribution in [1.29, 1.82) is 0 Å². The summed E-state index contributed by atoms with van der Waals surface area (Å²) in [6.07, 6.45) is 1.49. The molecule has 1 aliphatic rings. The molecule has 202 valence electrons. The number of aliphatic hydroxyl groups is 1. The van der Waals surface area contributed by atoms with Gasteiger partial charge >= 0.3 is 0 Å². The highest BCUT2D eigenvalue weighted by Crippen LogP contribution is 2.29. The van der Waals surface area contributed by atoms with Gasteiger partial charge in [0.15, 0.2) is 11.0 Å². The minimum atomic E-state index is -0.312. The van der Waals surface area contributed by atoms with Crippen LogP contribution in [0.1, 0.15) is 15.2 Å². The van der Waals surface area contributed by atoms with Gasteiger partial charge < -0.3 is 15.3 Å². The summed E-state index contributed by atoms with van der Waals surface area (Å²) in [5, 5.41) is 16.8. The number of nitrogens with zero attached hydrogens (tertiary/aromatic N) is 6. The lowest BCUT2D eigenvalue weighted by Crippen LogP contribution is -2.47. The third kappa shape index (κ3) is 6.63. The molecule has 1 fully saturated rings. The van der Waals surface area contributed by atoms with Crippen LogP contribution in [0.2, 0.25) is 10.0 Å².